The number of hydrogen-bond donors (Lipinski definition) is 1. The van der Waals surface area contributed by atoms with E-state index in [4.69, 9.17) is 9.47 Å². The van der Waals surface area contributed by atoms with Crippen molar-refractivity contribution in [3.05, 3.63) is 71.8 Å². The molecule has 1 heterocycles. The van der Waals surface area contributed by atoms with Gasteiger partial charge in [0.25, 0.3) is 5.91 Å². The minimum atomic E-state index is -0.298. The van der Waals surface area contributed by atoms with Crippen molar-refractivity contribution in [2.75, 3.05) is 13.2 Å². The summed E-state index contributed by atoms with van der Waals surface area (Å²) in [5.41, 5.74) is 3.97. The monoisotopic (exact) mass is 332 g/mol. The fraction of sp³-hybridized carbons (Fsp3) is 0.100. The van der Waals surface area contributed by atoms with Crippen LogP contribution < -0.4 is 14.9 Å². The molecule has 3 aromatic rings. The van der Waals surface area contributed by atoms with E-state index in [0.717, 1.165) is 16.3 Å². The number of nitrogens with one attached hydrogen (secondary N) is 1. The molecule has 4 rings (SSSR count). The van der Waals surface area contributed by atoms with E-state index in [2.05, 4.69) is 10.5 Å². The molecule has 1 aliphatic heterocycles. The minimum Gasteiger partial charge on any atom is -0.486 e. The molecule has 25 heavy (non-hydrogen) atoms. The van der Waals surface area contributed by atoms with Gasteiger partial charge in [-0.1, -0.05) is 42.5 Å². The van der Waals surface area contributed by atoms with Crippen molar-refractivity contribution < 1.29 is 14.3 Å². The van der Waals surface area contributed by atoms with E-state index in [1.807, 2.05) is 42.5 Å². The van der Waals surface area contributed by atoms with Gasteiger partial charge in [0.05, 0.1) is 6.21 Å². The van der Waals surface area contributed by atoms with E-state index in [9.17, 15) is 4.79 Å². The molecule has 1 N–H and O–H groups in total. The molecule has 5 nitrogen and oxygen atoms in total. The van der Waals surface area contributed by atoms with Crippen LogP contribution in [-0.2, 0) is 0 Å². The third-order valence-corrected chi connectivity index (χ3v) is 4.00. The molecule has 1 amide bonds. The first kappa shape index (κ1) is 15.2. The lowest BCUT2D eigenvalue weighted by Gasteiger charge is -2.18. The molecule has 0 unspecified atom stereocenters. The van der Waals surface area contributed by atoms with E-state index < -0.39 is 0 Å². The summed E-state index contributed by atoms with van der Waals surface area (Å²) in [6.45, 7) is 1.01. The Labute approximate surface area is 144 Å². The number of benzene rings is 3. The maximum absolute atomic E-state index is 12.3. The average Bonchev–Trinajstić information content (AvgIpc) is 2.67. The zero-order chi connectivity index (χ0) is 17.1. The summed E-state index contributed by atoms with van der Waals surface area (Å²) in [6.07, 6.45) is 1.65. The van der Waals surface area contributed by atoms with Gasteiger partial charge in [-0.2, -0.15) is 5.10 Å². The summed E-state index contributed by atoms with van der Waals surface area (Å²) in [4.78, 5) is 12.3. The number of carbonyl (C=O) groups excluding carboxylic acids is 1. The van der Waals surface area contributed by atoms with Crippen LogP contribution in [0.4, 0.5) is 0 Å². The second kappa shape index (κ2) is 6.65. The van der Waals surface area contributed by atoms with Crippen molar-refractivity contribution in [1.29, 1.82) is 0 Å². The zero-order valence-corrected chi connectivity index (χ0v) is 13.4. The number of hydrogen-bond acceptors (Lipinski definition) is 4. The fourth-order valence-electron chi connectivity index (χ4n) is 2.77. The standard InChI is InChI=1S/C20H16N2O3/c23-20(15-8-9-18-19(12-15)25-11-10-24-18)22-21-13-16-6-3-5-14-4-1-2-7-17(14)16/h1-9,12-13H,10-11H2,(H,22,23)/b21-13-. The van der Waals surface area contributed by atoms with Crippen LogP contribution in [0.25, 0.3) is 10.8 Å². The van der Waals surface area contributed by atoms with Gasteiger partial charge in [0, 0.05) is 11.1 Å². The van der Waals surface area contributed by atoms with E-state index in [0.29, 0.717) is 30.3 Å². The molecular weight excluding hydrogens is 316 g/mol. The van der Waals surface area contributed by atoms with Gasteiger partial charge in [0.2, 0.25) is 0 Å². The van der Waals surface area contributed by atoms with Gasteiger partial charge in [-0.05, 0) is 29.0 Å². The molecule has 0 aliphatic carbocycles. The van der Waals surface area contributed by atoms with E-state index in [-0.39, 0.29) is 5.91 Å². The summed E-state index contributed by atoms with van der Waals surface area (Å²) in [7, 11) is 0. The smallest absolute Gasteiger partial charge is 0.271 e. The van der Waals surface area contributed by atoms with Crippen LogP contribution in [0.5, 0.6) is 11.5 Å². The Balaban J connectivity index is 1.50. The Bertz CT molecular complexity index is 961. The molecular formula is C20H16N2O3. The summed E-state index contributed by atoms with van der Waals surface area (Å²) < 4.78 is 10.9. The highest BCUT2D eigenvalue weighted by Crippen LogP contribution is 2.30. The van der Waals surface area contributed by atoms with Crippen LogP contribution in [0.2, 0.25) is 0 Å². The van der Waals surface area contributed by atoms with Crippen LogP contribution in [0.1, 0.15) is 15.9 Å². The third kappa shape index (κ3) is 3.17. The van der Waals surface area contributed by atoms with Crippen molar-refractivity contribution in [3.63, 3.8) is 0 Å². The SMILES string of the molecule is O=C(N/N=C\c1cccc2ccccc12)c1ccc2c(c1)OCCO2. The lowest BCUT2D eigenvalue weighted by atomic mass is 10.1. The molecule has 0 aromatic heterocycles. The molecule has 0 fully saturated rings. The first-order valence-electron chi connectivity index (χ1n) is 8.02. The molecule has 0 saturated carbocycles. The third-order valence-electron chi connectivity index (χ3n) is 4.00. The predicted octanol–water partition coefficient (Wildman–Crippen LogP) is 3.37. The highest BCUT2D eigenvalue weighted by atomic mass is 16.6. The lowest BCUT2D eigenvalue weighted by Crippen LogP contribution is -2.19. The van der Waals surface area contributed by atoms with Crippen molar-refractivity contribution >= 4 is 22.9 Å². The Hall–Kier alpha value is -3.34. The summed E-state index contributed by atoms with van der Waals surface area (Å²) >= 11 is 0. The number of amides is 1. The van der Waals surface area contributed by atoms with Crippen LogP contribution in [-0.4, -0.2) is 25.3 Å². The minimum absolute atomic E-state index is 0.298. The normalized spacial score (nSPS) is 13.1. The molecule has 3 aromatic carbocycles. The Morgan fingerprint density at radius 1 is 0.960 bits per heavy atom. The van der Waals surface area contributed by atoms with Gasteiger partial charge in [-0.3, -0.25) is 4.79 Å². The van der Waals surface area contributed by atoms with Crippen LogP contribution >= 0.6 is 0 Å². The first-order chi connectivity index (χ1) is 12.3. The molecule has 0 saturated heterocycles. The largest absolute Gasteiger partial charge is 0.486 e. The molecule has 5 heteroatoms. The van der Waals surface area contributed by atoms with Crippen molar-refractivity contribution in [1.82, 2.24) is 5.43 Å². The molecule has 0 radical (unpaired) electrons. The Morgan fingerprint density at radius 2 is 1.76 bits per heavy atom. The number of nitrogens with zero attached hydrogens (tertiary/aromatic N) is 1. The second-order valence-electron chi connectivity index (χ2n) is 5.63. The predicted molar refractivity (Wildman–Crippen MR) is 96.4 cm³/mol. The maximum Gasteiger partial charge on any atom is 0.271 e. The molecule has 0 atom stereocenters. The number of carbonyl (C=O) groups is 1. The summed E-state index contributed by atoms with van der Waals surface area (Å²) in [6, 6.07) is 19.1. The highest BCUT2D eigenvalue weighted by Gasteiger charge is 2.14. The van der Waals surface area contributed by atoms with Gasteiger partial charge < -0.3 is 9.47 Å². The summed E-state index contributed by atoms with van der Waals surface area (Å²) in [5, 5.41) is 6.30. The van der Waals surface area contributed by atoms with Crippen LogP contribution in [0.15, 0.2) is 65.8 Å². The van der Waals surface area contributed by atoms with E-state index >= 15 is 0 Å². The summed E-state index contributed by atoms with van der Waals surface area (Å²) in [5.74, 6) is 0.937. The first-order valence-corrected chi connectivity index (χ1v) is 8.02. The van der Waals surface area contributed by atoms with Gasteiger partial charge >= 0.3 is 0 Å². The molecule has 1 aliphatic rings. The fourth-order valence-corrected chi connectivity index (χ4v) is 2.77. The van der Waals surface area contributed by atoms with Crippen LogP contribution in [0, 0.1) is 0 Å². The number of rotatable bonds is 3. The molecule has 0 spiro atoms. The van der Waals surface area contributed by atoms with E-state index in [1.165, 1.54) is 0 Å². The number of fused-ring (bicyclic) bond motifs is 2. The van der Waals surface area contributed by atoms with E-state index in [1.54, 1.807) is 24.4 Å². The van der Waals surface area contributed by atoms with Crippen molar-refractivity contribution in [2.45, 2.75) is 0 Å². The number of ether oxygens (including phenoxy) is 2. The topological polar surface area (TPSA) is 59.9 Å². The van der Waals surface area contributed by atoms with Crippen molar-refractivity contribution in [3.8, 4) is 11.5 Å². The molecule has 0 bridgehead atoms. The van der Waals surface area contributed by atoms with Gasteiger partial charge in [-0.15, -0.1) is 0 Å². The van der Waals surface area contributed by atoms with Crippen molar-refractivity contribution in [2.24, 2.45) is 5.10 Å². The number of hydrazone groups is 1. The quantitative estimate of drug-likeness (QED) is 0.591. The highest BCUT2D eigenvalue weighted by molar-refractivity contribution is 6.00. The Kier molecular flexibility index (Phi) is 4.04. The maximum atomic E-state index is 12.3. The molecule has 124 valence electrons. The Morgan fingerprint density at radius 3 is 2.68 bits per heavy atom. The van der Waals surface area contributed by atoms with Gasteiger partial charge in [-0.25, -0.2) is 5.43 Å². The zero-order valence-electron chi connectivity index (χ0n) is 13.4. The van der Waals surface area contributed by atoms with Gasteiger partial charge in [0.15, 0.2) is 11.5 Å². The second-order valence-corrected chi connectivity index (χ2v) is 5.63. The van der Waals surface area contributed by atoms with Crippen LogP contribution in [0.3, 0.4) is 0 Å². The van der Waals surface area contributed by atoms with Gasteiger partial charge in [0.1, 0.15) is 13.2 Å². The average molecular weight is 332 g/mol. The lowest BCUT2D eigenvalue weighted by molar-refractivity contribution is 0.0954.